The van der Waals surface area contributed by atoms with Gasteiger partial charge in [-0.1, -0.05) is 12.1 Å². The monoisotopic (exact) mass is 389 g/mol. The molecule has 0 amide bonds. The van der Waals surface area contributed by atoms with Crippen molar-refractivity contribution in [2.45, 2.75) is 19.3 Å². The smallest absolute Gasteiger partial charge is 0.300 e. The van der Waals surface area contributed by atoms with E-state index in [0.717, 1.165) is 43.7 Å². The molecule has 0 aliphatic carbocycles. The van der Waals surface area contributed by atoms with Gasteiger partial charge in [-0.15, -0.1) is 0 Å². The number of halogens is 1. The van der Waals surface area contributed by atoms with E-state index < -0.39 is 5.97 Å². The Morgan fingerprint density at radius 1 is 1.21 bits per heavy atom. The quantitative estimate of drug-likeness (QED) is 0.835. The number of carboxylic acid groups (broad SMARTS) is 1. The lowest BCUT2D eigenvalue weighted by molar-refractivity contribution is -0.134. The molecule has 7 heteroatoms. The van der Waals surface area contributed by atoms with Crippen molar-refractivity contribution in [2.24, 2.45) is 5.92 Å². The number of nitrogens with one attached hydrogen (secondary N) is 1. The fraction of sp³-hybridized carbons (Fsp3) is 0.381. The second-order valence-electron chi connectivity index (χ2n) is 6.76. The van der Waals surface area contributed by atoms with Crippen molar-refractivity contribution in [1.82, 2.24) is 5.32 Å². The molecule has 2 aliphatic rings. The highest BCUT2D eigenvalue weighted by molar-refractivity contribution is 5.62. The highest BCUT2D eigenvalue weighted by atomic mass is 19.1. The van der Waals surface area contributed by atoms with Gasteiger partial charge in [0, 0.05) is 25.5 Å². The van der Waals surface area contributed by atoms with Crippen LogP contribution in [0.5, 0.6) is 17.2 Å². The lowest BCUT2D eigenvalue weighted by atomic mass is 9.81. The zero-order valence-electron chi connectivity index (χ0n) is 15.7. The molecular formula is C21H24FNO5. The minimum atomic E-state index is -0.833. The van der Waals surface area contributed by atoms with Crippen LogP contribution in [0, 0.1) is 11.7 Å². The molecule has 0 unspecified atom stereocenters. The lowest BCUT2D eigenvalue weighted by Crippen LogP contribution is -2.38. The van der Waals surface area contributed by atoms with Crippen LogP contribution >= 0.6 is 0 Å². The Balaban J connectivity index is 0.000000516. The predicted octanol–water partition coefficient (Wildman–Crippen LogP) is 3.42. The van der Waals surface area contributed by atoms with E-state index in [1.807, 2.05) is 30.3 Å². The molecule has 2 aliphatic heterocycles. The maximum atomic E-state index is 13.2. The van der Waals surface area contributed by atoms with E-state index in [1.165, 1.54) is 17.7 Å². The number of aliphatic carboxylic acids is 1. The summed E-state index contributed by atoms with van der Waals surface area (Å²) >= 11 is 0. The number of ether oxygens (including phenoxy) is 3. The second-order valence-corrected chi connectivity index (χ2v) is 6.76. The third kappa shape index (κ3) is 5.36. The number of piperidine rings is 1. The van der Waals surface area contributed by atoms with Gasteiger partial charge in [-0.2, -0.15) is 0 Å². The molecule has 6 nitrogen and oxygen atoms in total. The molecule has 0 spiro atoms. The van der Waals surface area contributed by atoms with Gasteiger partial charge in [-0.3, -0.25) is 4.79 Å². The van der Waals surface area contributed by atoms with Crippen molar-refractivity contribution in [1.29, 1.82) is 0 Å². The molecule has 2 heterocycles. The molecule has 0 aromatic heterocycles. The van der Waals surface area contributed by atoms with Gasteiger partial charge in [-0.25, -0.2) is 4.39 Å². The molecule has 2 atom stereocenters. The Hall–Kier alpha value is -2.80. The number of carboxylic acids is 1. The third-order valence-electron chi connectivity index (χ3n) is 4.71. The van der Waals surface area contributed by atoms with Crippen LogP contribution in [0.3, 0.4) is 0 Å². The van der Waals surface area contributed by atoms with Crippen molar-refractivity contribution in [3.63, 3.8) is 0 Å². The van der Waals surface area contributed by atoms with E-state index in [2.05, 4.69) is 5.32 Å². The Labute approximate surface area is 163 Å². The normalized spacial score (nSPS) is 20.1. The molecule has 0 bridgehead atoms. The summed E-state index contributed by atoms with van der Waals surface area (Å²) in [6.45, 7) is 3.82. The van der Waals surface area contributed by atoms with Crippen molar-refractivity contribution in [3.8, 4) is 17.2 Å². The standard InChI is InChI=1S/C19H20FNO3.C2H4O2/c20-15-3-1-13(2-4-15)17-7-8-21-10-14(17)11-22-16-5-6-18-19(9-16)24-12-23-18;1-2(3)4/h1-6,9,14,17,21H,7-8,10-12H2;1H3,(H,3,4)/t14-,17-;/m1./s1. The number of hydrogen-bond acceptors (Lipinski definition) is 5. The highest BCUT2D eigenvalue weighted by Gasteiger charge is 2.27. The summed E-state index contributed by atoms with van der Waals surface area (Å²) in [6.07, 6.45) is 1.03. The van der Waals surface area contributed by atoms with Crippen LogP contribution in [0.4, 0.5) is 4.39 Å². The topological polar surface area (TPSA) is 77.0 Å². The fourth-order valence-corrected chi connectivity index (χ4v) is 3.42. The maximum absolute atomic E-state index is 13.2. The zero-order chi connectivity index (χ0) is 19.9. The van der Waals surface area contributed by atoms with Crippen molar-refractivity contribution in [2.75, 3.05) is 26.5 Å². The van der Waals surface area contributed by atoms with Gasteiger partial charge in [0.2, 0.25) is 6.79 Å². The summed E-state index contributed by atoms with van der Waals surface area (Å²) in [4.78, 5) is 9.00. The fourth-order valence-electron chi connectivity index (χ4n) is 3.42. The van der Waals surface area contributed by atoms with Gasteiger partial charge in [0.15, 0.2) is 11.5 Å². The first-order valence-electron chi connectivity index (χ1n) is 9.21. The number of carbonyl (C=O) groups is 1. The molecule has 2 aromatic rings. The van der Waals surface area contributed by atoms with Crippen molar-refractivity contribution in [3.05, 3.63) is 53.8 Å². The van der Waals surface area contributed by atoms with Gasteiger partial charge in [0.25, 0.3) is 5.97 Å². The van der Waals surface area contributed by atoms with Crippen LogP contribution in [0.15, 0.2) is 42.5 Å². The first kappa shape index (κ1) is 19.9. The SMILES string of the molecule is CC(=O)O.Fc1ccc([C@H]2CCNC[C@@H]2COc2ccc3c(c2)OCO3)cc1. The highest BCUT2D eigenvalue weighted by Crippen LogP contribution is 2.36. The second kappa shape index (κ2) is 9.41. The third-order valence-corrected chi connectivity index (χ3v) is 4.71. The molecule has 2 aromatic carbocycles. The van der Waals surface area contributed by atoms with Crippen LogP contribution < -0.4 is 19.5 Å². The lowest BCUT2D eigenvalue weighted by Gasteiger charge is -2.32. The summed E-state index contributed by atoms with van der Waals surface area (Å²) in [7, 11) is 0. The van der Waals surface area contributed by atoms with Crippen LogP contribution in [-0.2, 0) is 4.79 Å². The van der Waals surface area contributed by atoms with Gasteiger partial charge in [0.05, 0.1) is 6.61 Å². The van der Waals surface area contributed by atoms with E-state index in [9.17, 15) is 4.39 Å². The van der Waals surface area contributed by atoms with Gasteiger partial charge < -0.3 is 24.6 Å². The predicted molar refractivity (Wildman–Crippen MR) is 101 cm³/mol. The summed E-state index contributed by atoms with van der Waals surface area (Å²) in [5.41, 5.74) is 1.18. The van der Waals surface area contributed by atoms with Crippen LogP contribution in [0.25, 0.3) is 0 Å². The van der Waals surface area contributed by atoms with E-state index in [4.69, 9.17) is 24.1 Å². The minimum Gasteiger partial charge on any atom is -0.493 e. The Bertz CT molecular complexity index is 792. The molecule has 2 N–H and O–H groups in total. The summed E-state index contributed by atoms with van der Waals surface area (Å²) < 4.78 is 29.9. The summed E-state index contributed by atoms with van der Waals surface area (Å²) in [5, 5.41) is 10.8. The average molecular weight is 389 g/mol. The van der Waals surface area contributed by atoms with Gasteiger partial charge >= 0.3 is 0 Å². The van der Waals surface area contributed by atoms with Crippen LogP contribution in [0.1, 0.15) is 24.8 Å². The number of benzene rings is 2. The molecule has 0 saturated carbocycles. The molecular weight excluding hydrogens is 365 g/mol. The van der Waals surface area contributed by atoms with Crippen LogP contribution in [-0.4, -0.2) is 37.6 Å². The Morgan fingerprint density at radius 2 is 1.93 bits per heavy atom. The largest absolute Gasteiger partial charge is 0.493 e. The van der Waals surface area contributed by atoms with E-state index in [-0.39, 0.29) is 12.6 Å². The molecule has 1 saturated heterocycles. The number of fused-ring (bicyclic) bond motifs is 1. The first-order valence-corrected chi connectivity index (χ1v) is 9.21. The van der Waals surface area contributed by atoms with Crippen molar-refractivity contribution < 1.29 is 28.5 Å². The van der Waals surface area contributed by atoms with Gasteiger partial charge in [0.1, 0.15) is 11.6 Å². The van der Waals surface area contributed by atoms with Crippen LogP contribution in [0.2, 0.25) is 0 Å². The van der Waals surface area contributed by atoms with E-state index in [0.29, 0.717) is 18.4 Å². The molecule has 0 radical (unpaired) electrons. The minimum absolute atomic E-state index is 0.194. The van der Waals surface area contributed by atoms with Crippen molar-refractivity contribution >= 4 is 5.97 Å². The Morgan fingerprint density at radius 3 is 2.68 bits per heavy atom. The molecule has 150 valence electrons. The summed E-state index contributed by atoms with van der Waals surface area (Å²) in [5.74, 6) is 1.95. The number of hydrogen-bond donors (Lipinski definition) is 2. The summed E-state index contributed by atoms with van der Waals surface area (Å²) in [6, 6.07) is 12.5. The zero-order valence-corrected chi connectivity index (χ0v) is 15.7. The first-order chi connectivity index (χ1) is 13.5. The molecule has 1 fully saturated rings. The Kier molecular flexibility index (Phi) is 6.71. The average Bonchev–Trinajstić information content (AvgIpc) is 3.15. The van der Waals surface area contributed by atoms with E-state index in [1.54, 1.807) is 0 Å². The van der Waals surface area contributed by atoms with E-state index >= 15 is 0 Å². The molecule has 28 heavy (non-hydrogen) atoms. The van der Waals surface area contributed by atoms with Gasteiger partial charge in [-0.05, 0) is 48.7 Å². The molecule has 4 rings (SSSR count). The number of rotatable bonds is 4. The maximum Gasteiger partial charge on any atom is 0.300 e.